The second-order valence-corrected chi connectivity index (χ2v) is 6.66. The van der Waals surface area contributed by atoms with Crippen LogP contribution in [0.5, 0.6) is 5.75 Å². The number of amides is 1. The fourth-order valence-corrected chi connectivity index (χ4v) is 3.59. The van der Waals surface area contributed by atoms with E-state index in [9.17, 15) is 4.79 Å². The molecule has 4 rings (SSSR count). The van der Waals surface area contributed by atoms with Crippen LogP contribution in [0.2, 0.25) is 0 Å². The molecule has 1 fully saturated rings. The molecular formula is C18H22N4O3. The summed E-state index contributed by atoms with van der Waals surface area (Å²) in [5.74, 6) is 2.17. The van der Waals surface area contributed by atoms with Crippen LogP contribution in [-0.4, -0.2) is 46.7 Å². The van der Waals surface area contributed by atoms with Gasteiger partial charge in [0.15, 0.2) is 5.82 Å². The van der Waals surface area contributed by atoms with Gasteiger partial charge in [-0.3, -0.25) is 9.69 Å². The lowest BCUT2D eigenvalue weighted by atomic mass is 10.1. The van der Waals surface area contributed by atoms with Gasteiger partial charge in [0.1, 0.15) is 11.9 Å². The van der Waals surface area contributed by atoms with Crippen LogP contribution >= 0.6 is 0 Å². The molecule has 2 aliphatic heterocycles. The van der Waals surface area contributed by atoms with Crippen LogP contribution in [-0.2, 0) is 11.2 Å². The summed E-state index contributed by atoms with van der Waals surface area (Å²) in [6, 6.07) is 8.08. The maximum absolute atomic E-state index is 12.3. The molecule has 0 bridgehead atoms. The van der Waals surface area contributed by atoms with Gasteiger partial charge in [-0.1, -0.05) is 23.4 Å². The van der Waals surface area contributed by atoms with Gasteiger partial charge in [0, 0.05) is 13.3 Å². The molecule has 0 radical (unpaired) electrons. The summed E-state index contributed by atoms with van der Waals surface area (Å²) >= 11 is 0. The van der Waals surface area contributed by atoms with Crippen molar-refractivity contribution in [2.75, 3.05) is 19.6 Å². The minimum atomic E-state index is 0.00618. The third-order valence-corrected chi connectivity index (χ3v) is 4.79. The molecule has 0 saturated carbocycles. The number of fused-ring (bicyclic) bond motifs is 1. The fourth-order valence-electron chi connectivity index (χ4n) is 3.59. The summed E-state index contributed by atoms with van der Waals surface area (Å²) < 4.78 is 10.9. The highest BCUT2D eigenvalue weighted by Crippen LogP contribution is 2.30. The van der Waals surface area contributed by atoms with Gasteiger partial charge in [-0.25, -0.2) is 0 Å². The molecule has 3 heterocycles. The number of aromatic nitrogens is 2. The lowest BCUT2D eigenvalue weighted by Gasteiger charge is -2.21. The number of likely N-dealkylation sites (tertiary alicyclic amines) is 1. The van der Waals surface area contributed by atoms with E-state index in [0.717, 1.165) is 31.6 Å². The number of nitrogens with zero attached hydrogens (tertiary/aromatic N) is 3. The van der Waals surface area contributed by atoms with E-state index in [2.05, 4.69) is 26.4 Å². The highest BCUT2D eigenvalue weighted by Gasteiger charge is 2.31. The molecule has 2 aliphatic rings. The largest absolute Gasteiger partial charge is 0.488 e. The van der Waals surface area contributed by atoms with Crippen molar-refractivity contribution in [1.29, 1.82) is 0 Å². The Balaban J connectivity index is 1.28. The number of carbonyl (C=O) groups excluding carboxylic acids is 1. The summed E-state index contributed by atoms with van der Waals surface area (Å²) in [6.45, 7) is 3.52. The number of carbonyl (C=O) groups is 1. The van der Waals surface area contributed by atoms with Crippen molar-refractivity contribution >= 4 is 5.91 Å². The van der Waals surface area contributed by atoms with Crippen molar-refractivity contribution in [1.82, 2.24) is 20.4 Å². The number of hydrogen-bond acceptors (Lipinski definition) is 6. The molecule has 2 aromatic rings. The van der Waals surface area contributed by atoms with Gasteiger partial charge < -0.3 is 14.6 Å². The predicted molar refractivity (Wildman–Crippen MR) is 90.2 cm³/mol. The van der Waals surface area contributed by atoms with Gasteiger partial charge in [0.2, 0.25) is 11.8 Å². The third kappa shape index (κ3) is 3.51. The predicted octanol–water partition coefficient (Wildman–Crippen LogP) is 1.63. The van der Waals surface area contributed by atoms with Crippen LogP contribution in [0, 0.1) is 6.92 Å². The topological polar surface area (TPSA) is 80.5 Å². The molecule has 1 N–H and O–H groups in total. The number of para-hydroxylation sites is 1. The summed E-state index contributed by atoms with van der Waals surface area (Å²) in [5, 5.41) is 7.00. The highest BCUT2D eigenvalue weighted by molar-refractivity contribution is 5.78. The van der Waals surface area contributed by atoms with E-state index in [-0.39, 0.29) is 18.1 Å². The van der Waals surface area contributed by atoms with Gasteiger partial charge >= 0.3 is 0 Å². The Morgan fingerprint density at radius 2 is 2.28 bits per heavy atom. The number of aryl methyl sites for hydroxylation is 1. The number of hydrogen-bond donors (Lipinski definition) is 1. The van der Waals surface area contributed by atoms with Crippen LogP contribution in [0.1, 0.15) is 36.2 Å². The minimum Gasteiger partial charge on any atom is -0.488 e. The van der Waals surface area contributed by atoms with Crippen molar-refractivity contribution in [2.45, 2.75) is 38.3 Å². The van der Waals surface area contributed by atoms with Crippen LogP contribution in [0.4, 0.5) is 0 Å². The zero-order valence-electron chi connectivity index (χ0n) is 14.3. The van der Waals surface area contributed by atoms with Gasteiger partial charge in [-0.15, -0.1) is 0 Å². The lowest BCUT2D eigenvalue weighted by molar-refractivity contribution is -0.122. The van der Waals surface area contributed by atoms with Gasteiger partial charge in [-0.05, 0) is 31.0 Å². The highest BCUT2D eigenvalue weighted by atomic mass is 16.5. The molecule has 25 heavy (non-hydrogen) atoms. The number of nitrogens with one attached hydrogen (secondary N) is 1. The number of ether oxygens (including phenoxy) is 1. The van der Waals surface area contributed by atoms with E-state index in [0.29, 0.717) is 24.8 Å². The maximum atomic E-state index is 12.3. The Bertz CT molecular complexity index is 735. The lowest BCUT2D eigenvalue weighted by Crippen LogP contribution is -2.41. The van der Waals surface area contributed by atoms with Gasteiger partial charge in [-0.2, -0.15) is 4.98 Å². The van der Waals surface area contributed by atoms with Crippen LogP contribution in [0.15, 0.2) is 28.8 Å². The molecule has 1 aromatic carbocycles. The van der Waals surface area contributed by atoms with Crippen molar-refractivity contribution in [3.63, 3.8) is 0 Å². The summed E-state index contributed by atoms with van der Waals surface area (Å²) in [7, 11) is 0. The first kappa shape index (κ1) is 16.1. The Morgan fingerprint density at radius 3 is 3.08 bits per heavy atom. The molecule has 0 aliphatic carbocycles. The average Bonchev–Trinajstić information content (AvgIpc) is 3.31. The van der Waals surface area contributed by atoms with E-state index >= 15 is 0 Å². The van der Waals surface area contributed by atoms with E-state index in [1.165, 1.54) is 5.56 Å². The van der Waals surface area contributed by atoms with Gasteiger partial charge in [0.05, 0.1) is 19.1 Å². The summed E-state index contributed by atoms with van der Waals surface area (Å²) in [4.78, 5) is 18.8. The molecule has 2 atom stereocenters. The molecule has 7 heteroatoms. The van der Waals surface area contributed by atoms with E-state index in [1.54, 1.807) is 6.92 Å². The zero-order valence-corrected chi connectivity index (χ0v) is 14.3. The maximum Gasteiger partial charge on any atom is 0.234 e. The SMILES string of the molecule is Cc1nc([C@H]2CCCN2CC(=O)NC[C@H]2Cc3ccccc3O2)no1. The van der Waals surface area contributed by atoms with Crippen LogP contribution in [0.25, 0.3) is 0 Å². The van der Waals surface area contributed by atoms with Gasteiger partial charge in [0.25, 0.3) is 0 Å². The van der Waals surface area contributed by atoms with E-state index < -0.39 is 0 Å². The normalized spacial score (nSPS) is 22.6. The summed E-state index contributed by atoms with van der Waals surface area (Å²) in [5.41, 5.74) is 1.20. The number of benzene rings is 1. The average molecular weight is 342 g/mol. The quantitative estimate of drug-likeness (QED) is 0.890. The molecule has 7 nitrogen and oxygen atoms in total. The Morgan fingerprint density at radius 1 is 1.40 bits per heavy atom. The van der Waals surface area contributed by atoms with E-state index in [1.807, 2.05) is 18.2 Å². The smallest absolute Gasteiger partial charge is 0.234 e. The molecule has 1 saturated heterocycles. The zero-order chi connectivity index (χ0) is 17.2. The molecule has 132 valence electrons. The first-order valence-corrected chi connectivity index (χ1v) is 8.74. The third-order valence-electron chi connectivity index (χ3n) is 4.79. The monoisotopic (exact) mass is 342 g/mol. The molecule has 0 spiro atoms. The van der Waals surface area contributed by atoms with Crippen molar-refractivity contribution in [2.24, 2.45) is 0 Å². The second-order valence-electron chi connectivity index (χ2n) is 6.66. The van der Waals surface area contributed by atoms with E-state index in [4.69, 9.17) is 9.26 Å². The Hall–Kier alpha value is -2.41. The Kier molecular flexibility index (Phi) is 4.40. The summed E-state index contributed by atoms with van der Waals surface area (Å²) in [6.07, 6.45) is 2.83. The Labute approximate surface area is 146 Å². The molecule has 0 unspecified atom stereocenters. The number of rotatable bonds is 5. The van der Waals surface area contributed by atoms with Crippen LogP contribution in [0.3, 0.4) is 0 Å². The molecule has 1 amide bonds. The van der Waals surface area contributed by atoms with Crippen molar-refractivity contribution < 1.29 is 14.1 Å². The first-order chi connectivity index (χ1) is 12.2. The van der Waals surface area contributed by atoms with Crippen LogP contribution < -0.4 is 10.1 Å². The standard InChI is InChI=1S/C18H22N4O3/c1-12-20-18(21-25-12)15-6-4-8-22(15)11-17(23)19-10-14-9-13-5-2-3-7-16(13)24-14/h2-3,5,7,14-15H,4,6,8-11H2,1H3,(H,19,23)/t14-,15-/m1/s1. The fraction of sp³-hybridized carbons (Fsp3) is 0.500. The molecular weight excluding hydrogens is 320 g/mol. The molecule has 1 aromatic heterocycles. The second kappa shape index (κ2) is 6.84. The van der Waals surface area contributed by atoms with Crippen molar-refractivity contribution in [3.8, 4) is 5.75 Å². The minimum absolute atomic E-state index is 0.00618. The first-order valence-electron chi connectivity index (χ1n) is 8.74. The van der Waals surface area contributed by atoms with Crippen molar-refractivity contribution in [3.05, 3.63) is 41.5 Å².